The van der Waals surface area contributed by atoms with Crippen molar-refractivity contribution in [1.29, 1.82) is 0 Å². The number of rotatable bonds is 5. The number of amides is 1. The number of anilines is 1. The van der Waals surface area contributed by atoms with E-state index in [9.17, 15) is 4.79 Å². The summed E-state index contributed by atoms with van der Waals surface area (Å²) >= 11 is 0. The van der Waals surface area contributed by atoms with Gasteiger partial charge < -0.3 is 19.5 Å². The van der Waals surface area contributed by atoms with E-state index in [0.717, 1.165) is 46.6 Å². The monoisotopic (exact) mass is 475 g/mol. The second kappa shape index (κ2) is 9.10. The fourth-order valence-electron chi connectivity index (χ4n) is 4.09. The fourth-order valence-corrected chi connectivity index (χ4v) is 4.09. The molecule has 35 heavy (non-hydrogen) atoms. The molecule has 0 unspecified atom stereocenters. The number of fused-ring (bicyclic) bond motifs is 1. The van der Waals surface area contributed by atoms with E-state index in [4.69, 9.17) is 9.26 Å². The lowest BCUT2D eigenvalue weighted by molar-refractivity contribution is 0.0895. The lowest BCUT2D eigenvalue weighted by Crippen LogP contribution is -2.36. The van der Waals surface area contributed by atoms with Crippen LogP contribution in [0, 0.1) is 0 Å². The van der Waals surface area contributed by atoms with Crippen LogP contribution in [0.25, 0.3) is 22.2 Å². The number of hydrogen-bond donors (Lipinski definition) is 2. The highest BCUT2D eigenvalue weighted by atomic mass is 16.5. The number of pyridine rings is 1. The molecule has 1 fully saturated rings. The number of aromatic nitrogens is 5. The Labute approximate surface area is 203 Å². The third-order valence-corrected chi connectivity index (χ3v) is 6.11. The number of nitrogens with one attached hydrogen (secondary N) is 2. The Morgan fingerprint density at radius 1 is 1.14 bits per heavy atom. The predicted molar refractivity (Wildman–Crippen MR) is 131 cm³/mol. The quantitative estimate of drug-likeness (QED) is 0.449. The molecule has 10 nitrogen and oxygen atoms in total. The van der Waals surface area contributed by atoms with Crippen LogP contribution in [-0.4, -0.2) is 57.5 Å². The number of hydrogen-bond acceptors (Lipinski definition) is 8. The second-order valence-electron chi connectivity index (χ2n) is 9.72. The molecule has 3 aromatic heterocycles. The van der Waals surface area contributed by atoms with E-state index in [1.165, 1.54) is 0 Å². The van der Waals surface area contributed by atoms with Crippen LogP contribution in [0.4, 0.5) is 5.82 Å². The van der Waals surface area contributed by atoms with Gasteiger partial charge in [-0.15, -0.1) is 0 Å². The molecule has 0 aliphatic carbocycles. The molecular weight excluding hydrogens is 446 g/mol. The van der Waals surface area contributed by atoms with Gasteiger partial charge in [0.1, 0.15) is 0 Å². The third kappa shape index (κ3) is 4.61. The molecule has 5 rings (SSSR count). The molecule has 182 valence electrons. The Morgan fingerprint density at radius 2 is 1.89 bits per heavy atom. The van der Waals surface area contributed by atoms with Gasteiger partial charge in [0.15, 0.2) is 17.3 Å². The summed E-state index contributed by atoms with van der Waals surface area (Å²) in [6, 6.07) is 9.88. The van der Waals surface area contributed by atoms with Crippen molar-refractivity contribution in [3.8, 4) is 11.1 Å². The largest absolute Gasteiger partial charge is 0.378 e. The van der Waals surface area contributed by atoms with Crippen molar-refractivity contribution in [2.45, 2.75) is 39.2 Å². The smallest absolute Gasteiger partial charge is 0.315 e. The molecule has 0 spiro atoms. The van der Waals surface area contributed by atoms with Crippen LogP contribution < -0.4 is 10.2 Å². The number of aromatic amines is 1. The Kier molecular flexibility index (Phi) is 5.98. The zero-order valence-corrected chi connectivity index (χ0v) is 20.3. The van der Waals surface area contributed by atoms with Crippen molar-refractivity contribution < 1.29 is 14.1 Å². The SMILES string of the molecule is C[C@@H](NC(=O)c1nc(C(C)(C)C)no1)c1ccc(-c2ccnc3[nH]nc(N4CCOCC4)c23)cc1. The molecule has 0 radical (unpaired) electrons. The molecular formula is C25H29N7O3. The van der Waals surface area contributed by atoms with E-state index in [1.807, 2.05) is 58.0 Å². The summed E-state index contributed by atoms with van der Waals surface area (Å²) in [5, 5.41) is 15.5. The van der Waals surface area contributed by atoms with Crippen molar-refractivity contribution in [2.24, 2.45) is 0 Å². The van der Waals surface area contributed by atoms with Gasteiger partial charge in [-0.1, -0.05) is 50.2 Å². The van der Waals surface area contributed by atoms with Gasteiger partial charge in [0.05, 0.1) is 24.6 Å². The molecule has 1 aliphatic heterocycles. The first-order chi connectivity index (χ1) is 16.8. The lowest BCUT2D eigenvalue weighted by atomic mass is 9.96. The number of H-pyrrole nitrogens is 1. The normalized spacial score (nSPS) is 15.4. The Morgan fingerprint density at radius 3 is 2.57 bits per heavy atom. The topological polar surface area (TPSA) is 122 Å². The number of benzene rings is 1. The van der Waals surface area contributed by atoms with E-state index in [1.54, 1.807) is 6.20 Å². The third-order valence-electron chi connectivity index (χ3n) is 6.11. The first-order valence-electron chi connectivity index (χ1n) is 11.7. The van der Waals surface area contributed by atoms with Crippen LogP contribution in [-0.2, 0) is 10.2 Å². The van der Waals surface area contributed by atoms with E-state index in [2.05, 4.69) is 35.5 Å². The minimum Gasteiger partial charge on any atom is -0.378 e. The first kappa shape index (κ1) is 23.0. The van der Waals surface area contributed by atoms with Gasteiger partial charge in [-0.3, -0.25) is 9.89 Å². The average molecular weight is 476 g/mol. The van der Waals surface area contributed by atoms with Gasteiger partial charge >= 0.3 is 11.8 Å². The summed E-state index contributed by atoms with van der Waals surface area (Å²) in [4.78, 5) is 23.5. The molecule has 0 saturated carbocycles. The van der Waals surface area contributed by atoms with Crippen molar-refractivity contribution in [3.05, 3.63) is 53.8 Å². The first-order valence-corrected chi connectivity index (χ1v) is 11.7. The van der Waals surface area contributed by atoms with Crippen LogP contribution in [0.5, 0.6) is 0 Å². The minimum absolute atomic E-state index is 0.0341. The van der Waals surface area contributed by atoms with E-state index < -0.39 is 5.91 Å². The maximum absolute atomic E-state index is 12.6. The number of nitrogens with zero attached hydrogens (tertiary/aromatic N) is 5. The van der Waals surface area contributed by atoms with E-state index in [-0.39, 0.29) is 17.3 Å². The molecule has 1 aromatic carbocycles. The van der Waals surface area contributed by atoms with Crippen molar-refractivity contribution >= 4 is 22.8 Å². The molecule has 1 atom stereocenters. The van der Waals surface area contributed by atoms with Gasteiger partial charge in [-0.2, -0.15) is 10.1 Å². The van der Waals surface area contributed by atoms with Crippen molar-refractivity contribution in [2.75, 3.05) is 31.2 Å². The fraction of sp³-hybridized carbons (Fsp3) is 0.400. The summed E-state index contributed by atoms with van der Waals surface area (Å²) in [6.07, 6.45) is 1.78. The van der Waals surface area contributed by atoms with E-state index >= 15 is 0 Å². The van der Waals surface area contributed by atoms with Gasteiger partial charge in [0, 0.05) is 24.7 Å². The maximum Gasteiger partial charge on any atom is 0.315 e. The molecule has 4 aromatic rings. The number of ether oxygens (including phenoxy) is 1. The summed E-state index contributed by atoms with van der Waals surface area (Å²) in [5.41, 5.74) is 3.51. The summed E-state index contributed by atoms with van der Waals surface area (Å²) in [5.74, 6) is 0.964. The summed E-state index contributed by atoms with van der Waals surface area (Å²) in [6.45, 7) is 10.8. The van der Waals surface area contributed by atoms with Crippen molar-refractivity contribution in [1.82, 2.24) is 30.6 Å². The van der Waals surface area contributed by atoms with E-state index in [0.29, 0.717) is 19.0 Å². The highest BCUT2D eigenvalue weighted by Crippen LogP contribution is 2.34. The molecule has 1 amide bonds. The Hall–Kier alpha value is -3.79. The highest BCUT2D eigenvalue weighted by Gasteiger charge is 2.25. The summed E-state index contributed by atoms with van der Waals surface area (Å²) in [7, 11) is 0. The highest BCUT2D eigenvalue weighted by molar-refractivity contribution is 6.00. The Bertz CT molecular complexity index is 1330. The lowest BCUT2D eigenvalue weighted by Gasteiger charge is -2.27. The molecule has 1 saturated heterocycles. The minimum atomic E-state index is -0.394. The zero-order valence-electron chi connectivity index (χ0n) is 20.3. The maximum atomic E-state index is 12.6. The van der Waals surface area contributed by atoms with Crippen LogP contribution in [0.1, 0.15) is 55.8 Å². The van der Waals surface area contributed by atoms with Gasteiger partial charge in [-0.25, -0.2) is 4.98 Å². The second-order valence-corrected chi connectivity index (χ2v) is 9.72. The number of morpholine rings is 1. The average Bonchev–Trinajstić information content (AvgIpc) is 3.52. The number of carbonyl (C=O) groups excluding carboxylic acids is 1. The predicted octanol–water partition coefficient (Wildman–Crippen LogP) is 3.63. The standard InChI is InChI=1S/C25H29N7O3/c1-15(27-22(33)23-28-24(31-35-23)25(2,3)4)16-5-7-17(8-6-16)18-9-10-26-20-19(18)21(30-29-20)32-11-13-34-14-12-32/h5-10,15H,11-14H2,1-4H3,(H,27,33)(H,26,29,30)/t15-/m1/s1. The summed E-state index contributed by atoms with van der Waals surface area (Å²) < 4.78 is 10.7. The molecule has 10 heteroatoms. The van der Waals surface area contributed by atoms with Crippen molar-refractivity contribution in [3.63, 3.8) is 0 Å². The molecule has 1 aliphatic rings. The Balaban J connectivity index is 1.36. The van der Waals surface area contributed by atoms with Crippen LogP contribution >= 0.6 is 0 Å². The zero-order chi connectivity index (χ0) is 24.6. The van der Waals surface area contributed by atoms with Crippen LogP contribution in [0.3, 0.4) is 0 Å². The van der Waals surface area contributed by atoms with Gasteiger partial charge in [-0.05, 0) is 29.7 Å². The molecule has 4 heterocycles. The number of carbonyl (C=O) groups is 1. The van der Waals surface area contributed by atoms with Crippen LogP contribution in [0.2, 0.25) is 0 Å². The van der Waals surface area contributed by atoms with Crippen LogP contribution in [0.15, 0.2) is 41.1 Å². The molecule has 0 bridgehead atoms. The van der Waals surface area contributed by atoms with Gasteiger partial charge in [0.2, 0.25) is 0 Å². The van der Waals surface area contributed by atoms with Gasteiger partial charge in [0.25, 0.3) is 0 Å². The molecule has 2 N–H and O–H groups in total.